The van der Waals surface area contributed by atoms with Crippen LogP contribution in [0.4, 0.5) is 0 Å². The van der Waals surface area contributed by atoms with Gasteiger partial charge in [0, 0.05) is 5.56 Å². The first-order valence-electron chi connectivity index (χ1n) is 7.40. The van der Waals surface area contributed by atoms with Gasteiger partial charge in [-0.15, -0.1) is 0 Å². The minimum atomic E-state index is -0.510. The molecule has 1 atom stereocenters. The third kappa shape index (κ3) is 3.01. The van der Waals surface area contributed by atoms with Gasteiger partial charge in [-0.05, 0) is 36.8 Å². The van der Waals surface area contributed by atoms with Crippen LogP contribution in [0.15, 0.2) is 66.7 Å². The minimum Gasteiger partial charge on any atom is -0.483 e. The molecular formula is C20H18O2. The van der Waals surface area contributed by atoms with Crippen molar-refractivity contribution in [3.8, 4) is 5.75 Å². The lowest BCUT2D eigenvalue weighted by Crippen LogP contribution is -2.23. The Kier molecular flexibility index (Phi) is 3.92. The van der Waals surface area contributed by atoms with Crippen molar-refractivity contribution in [1.82, 2.24) is 0 Å². The van der Waals surface area contributed by atoms with Crippen molar-refractivity contribution in [1.29, 1.82) is 0 Å². The molecule has 0 amide bonds. The second kappa shape index (κ2) is 6.02. The predicted molar refractivity (Wildman–Crippen MR) is 89.5 cm³/mol. The van der Waals surface area contributed by atoms with E-state index in [0.29, 0.717) is 11.3 Å². The van der Waals surface area contributed by atoms with Gasteiger partial charge in [0.25, 0.3) is 0 Å². The second-order valence-electron chi connectivity index (χ2n) is 5.50. The van der Waals surface area contributed by atoms with E-state index in [1.165, 1.54) is 0 Å². The van der Waals surface area contributed by atoms with E-state index in [-0.39, 0.29) is 5.78 Å². The fourth-order valence-electron chi connectivity index (χ4n) is 2.45. The van der Waals surface area contributed by atoms with E-state index in [1.807, 2.05) is 67.6 Å². The maximum absolute atomic E-state index is 12.4. The lowest BCUT2D eigenvalue weighted by atomic mass is 10.1. The molecule has 0 aromatic heterocycles. The fraction of sp³-hybridized carbons (Fsp3) is 0.150. The topological polar surface area (TPSA) is 26.3 Å². The van der Waals surface area contributed by atoms with E-state index in [0.717, 1.165) is 16.3 Å². The van der Waals surface area contributed by atoms with Gasteiger partial charge in [0.15, 0.2) is 6.10 Å². The zero-order valence-corrected chi connectivity index (χ0v) is 12.7. The van der Waals surface area contributed by atoms with Gasteiger partial charge in [-0.25, -0.2) is 0 Å². The number of hydrogen-bond donors (Lipinski definition) is 0. The van der Waals surface area contributed by atoms with Gasteiger partial charge in [-0.3, -0.25) is 4.79 Å². The van der Waals surface area contributed by atoms with Crippen molar-refractivity contribution in [3.63, 3.8) is 0 Å². The van der Waals surface area contributed by atoms with E-state index in [9.17, 15) is 4.79 Å². The van der Waals surface area contributed by atoms with Gasteiger partial charge in [-0.1, -0.05) is 60.2 Å². The number of carbonyl (C=O) groups is 1. The summed E-state index contributed by atoms with van der Waals surface area (Å²) in [4.78, 5) is 12.4. The molecule has 0 fully saturated rings. The van der Waals surface area contributed by atoms with Gasteiger partial charge in [0.05, 0.1) is 0 Å². The van der Waals surface area contributed by atoms with Crippen LogP contribution in [-0.4, -0.2) is 11.9 Å². The standard InChI is InChI=1S/C20H18O2/c1-14-7-9-17(10-8-14)20(21)15(2)22-19-12-11-16-5-3-4-6-18(16)13-19/h3-13,15H,1-2H3. The molecule has 0 spiro atoms. The zero-order valence-electron chi connectivity index (χ0n) is 12.7. The van der Waals surface area contributed by atoms with Crippen LogP contribution >= 0.6 is 0 Å². The molecular weight excluding hydrogens is 272 g/mol. The number of ether oxygens (including phenoxy) is 1. The number of hydrogen-bond acceptors (Lipinski definition) is 2. The molecule has 0 radical (unpaired) electrons. The molecule has 22 heavy (non-hydrogen) atoms. The lowest BCUT2D eigenvalue weighted by Gasteiger charge is -2.14. The Balaban J connectivity index is 1.78. The van der Waals surface area contributed by atoms with E-state index in [2.05, 4.69) is 6.07 Å². The van der Waals surface area contributed by atoms with Crippen molar-refractivity contribution in [2.45, 2.75) is 20.0 Å². The van der Waals surface area contributed by atoms with Gasteiger partial charge in [0.2, 0.25) is 5.78 Å². The Morgan fingerprint density at radius 2 is 1.59 bits per heavy atom. The molecule has 0 aliphatic carbocycles. The molecule has 3 aromatic carbocycles. The molecule has 0 bridgehead atoms. The molecule has 0 saturated carbocycles. The maximum Gasteiger partial charge on any atom is 0.202 e. The summed E-state index contributed by atoms with van der Waals surface area (Å²) in [5.41, 5.74) is 1.82. The summed E-state index contributed by atoms with van der Waals surface area (Å²) in [6.45, 7) is 3.79. The van der Waals surface area contributed by atoms with Gasteiger partial charge < -0.3 is 4.74 Å². The molecule has 0 aliphatic heterocycles. The molecule has 3 aromatic rings. The Labute approximate surface area is 130 Å². The number of fused-ring (bicyclic) bond motifs is 1. The Bertz CT molecular complexity index is 803. The molecule has 0 heterocycles. The van der Waals surface area contributed by atoms with Crippen LogP contribution in [0, 0.1) is 6.92 Å². The molecule has 2 heteroatoms. The molecule has 2 nitrogen and oxygen atoms in total. The van der Waals surface area contributed by atoms with Crippen molar-refractivity contribution in [2.24, 2.45) is 0 Å². The zero-order chi connectivity index (χ0) is 15.5. The van der Waals surface area contributed by atoms with Gasteiger partial charge in [0.1, 0.15) is 5.75 Å². The van der Waals surface area contributed by atoms with Gasteiger partial charge >= 0.3 is 0 Å². The third-order valence-electron chi connectivity index (χ3n) is 3.74. The molecule has 0 N–H and O–H groups in total. The lowest BCUT2D eigenvalue weighted by molar-refractivity contribution is 0.0818. The monoisotopic (exact) mass is 290 g/mol. The maximum atomic E-state index is 12.4. The first-order chi connectivity index (χ1) is 10.6. The van der Waals surface area contributed by atoms with Gasteiger partial charge in [-0.2, -0.15) is 0 Å². The van der Waals surface area contributed by atoms with Crippen LogP contribution in [0.25, 0.3) is 10.8 Å². The van der Waals surface area contributed by atoms with E-state index < -0.39 is 6.10 Å². The van der Waals surface area contributed by atoms with Crippen LogP contribution < -0.4 is 4.74 Å². The van der Waals surface area contributed by atoms with E-state index in [4.69, 9.17) is 4.74 Å². The first kappa shape index (κ1) is 14.3. The summed E-state index contributed by atoms with van der Waals surface area (Å²) in [6.07, 6.45) is -0.510. The third-order valence-corrected chi connectivity index (χ3v) is 3.74. The molecule has 0 aliphatic rings. The van der Waals surface area contributed by atoms with Crippen LogP contribution in [0.1, 0.15) is 22.8 Å². The summed E-state index contributed by atoms with van der Waals surface area (Å²) in [5, 5.41) is 2.27. The summed E-state index contributed by atoms with van der Waals surface area (Å²) in [5.74, 6) is 0.708. The molecule has 1 unspecified atom stereocenters. The highest BCUT2D eigenvalue weighted by Gasteiger charge is 2.16. The Morgan fingerprint density at radius 3 is 2.32 bits per heavy atom. The average Bonchev–Trinajstić information content (AvgIpc) is 2.55. The summed E-state index contributed by atoms with van der Waals surface area (Å²) in [6, 6.07) is 21.5. The van der Waals surface area contributed by atoms with Crippen molar-refractivity contribution in [3.05, 3.63) is 77.9 Å². The SMILES string of the molecule is Cc1ccc(C(=O)C(C)Oc2ccc3ccccc3c2)cc1. The number of Topliss-reactive ketones (excluding diaryl/α,β-unsaturated/α-hetero) is 1. The highest BCUT2D eigenvalue weighted by molar-refractivity contribution is 5.99. The van der Waals surface area contributed by atoms with Crippen LogP contribution in [0.5, 0.6) is 5.75 Å². The summed E-state index contributed by atoms with van der Waals surface area (Å²) in [7, 11) is 0. The fourth-order valence-corrected chi connectivity index (χ4v) is 2.45. The number of carbonyl (C=O) groups excluding carboxylic acids is 1. The predicted octanol–water partition coefficient (Wildman–Crippen LogP) is 4.80. The van der Waals surface area contributed by atoms with Crippen LogP contribution in [0.2, 0.25) is 0 Å². The van der Waals surface area contributed by atoms with E-state index >= 15 is 0 Å². The summed E-state index contributed by atoms with van der Waals surface area (Å²) < 4.78 is 5.82. The smallest absolute Gasteiger partial charge is 0.202 e. The van der Waals surface area contributed by atoms with Crippen LogP contribution in [0.3, 0.4) is 0 Å². The van der Waals surface area contributed by atoms with E-state index in [1.54, 1.807) is 6.92 Å². The normalized spacial score (nSPS) is 12.1. The Hall–Kier alpha value is -2.61. The number of ketones is 1. The molecule has 110 valence electrons. The highest BCUT2D eigenvalue weighted by Crippen LogP contribution is 2.22. The quantitative estimate of drug-likeness (QED) is 0.645. The summed E-state index contributed by atoms with van der Waals surface area (Å²) >= 11 is 0. The number of rotatable bonds is 4. The van der Waals surface area contributed by atoms with Crippen molar-refractivity contribution in [2.75, 3.05) is 0 Å². The number of aryl methyl sites for hydroxylation is 1. The largest absolute Gasteiger partial charge is 0.483 e. The molecule has 3 rings (SSSR count). The second-order valence-corrected chi connectivity index (χ2v) is 5.50. The minimum absolute atomic E-state index is 0.00633. The number of benzene rings is 3. The first-order valence-corrected chi connectivity index (χ1v) is 7.40. The van der Waals surface area contributed by atoms with Crippen LogP contribution in [-0.2, 0) is 0 Å². The Morgan fingerprint density at radius 1 is 0.909 bits per heavy atom. The van der Waals surface area contributed by atoms with Crippen molar-refractivity contribution < 1.29 is 9.53 Å². The average molecular weight is 290 g/mol. The molecule has 0 saturated heterocycles. The highest BCUT2D eigenvalue weighted by atomic mass is 16.5. The van der Waals surface area contributed by atoms with Crippen molar-refractivity contribution >= 4 is 16.6 Å².